The number of carbonyl (C=O) groups excluding carboxylic acids is 1. The SMILES string of the molecule is CCc1cccc(C)c1-n1c(C)cc([C@@H]2[C@H](c3ccccn3)NC(=S)N2c2ccc(OC)c(NC(=O)COC)c2)c1C. The maximum absolute atomic E-state index is 12.4. The van der Waals surface area contributed by atoms with Crippen molar-refractivity contribution in [1.82, 2.24) is 14.9 Å². The highest BCUT2D eigenvalue weighted by molar-refractivity contribution is 7.80. The van der Waals surface area contributed by atoms with Gasteiger partial charge in [-0.1, -0.05) is 31.2 Å². The van der Waals surface area contributed by atoms with E-state index < -0.39 is 0 Å². The Morgan fingerprint density at radius 3 is 2.57 bits per heavy atom. The predicted octanol–water partition coefficient (Wildman–Crippen LogP) is 6.13. The summed E-state index contributed by atoms with van der Waals surface area (Å²) in [5, 5.41) is 7.03. The Labute approximate surface area is 252 Å². The molecule has 0 spiro atoms. The van der Waals surface area contributed by atoms with Gasteiger partial charge in [0.05, 0.1) is 36.3 Å². The van der Waals surface area contributed by atoms with E-state index in [1.54, 1.807) is 13.3 Å². The van der Waals surface area contributed by atoms with E-state index in [1.165, 1.54) is 23.9 Å². The number of hydrogen-bond acceptors (Lipinski definition) is 5. The van der Waals surface area contributed by atoms with Crippen LogP contribution >= 0.6 is 12.2 Å². The number of nitrogens with zero attached hydrogens (tertiary/aromatic N) is 3. The lowest BCUT2D eigenvalue weighted by Gasteiger charge is -2.29. The number of para-hydroxylation sites is 1. The molecule has 0 aliphatic carbocycles. The summed E-state index contributed by atoms with van der Waals surface area (Å²) in [4.78, 5) is 19.3. The third kappa shape index (κ3) is 5.37. The Bertz CT molecular complexity index is 1620. The van der Waals surface area contributed by atoms with Crippen LogP contribution in [0, 0.1) is 20.8 Å². The van der Waals surface area contributed by atoms with Gasteiger partial charge in [-0.15, -0.1) is 0 Å². The van der Waals surface area contributed by atoms with Crippen molar-refractivity contribution in [3.8, 4) is 11.4 Å². The summed E-state index contributed by atoms with van der Waals surface area (Å²) in [7, 11) is 3.06. The Hall–Kier alpha value is -4.21. The number of amides is 1. The first-order chi connectivity index (χ1) is 20.3. The summed E-state index contributed by atoms with van der Waals surface area (Å²) in [6, 6.07) is 20.0. The molecule has 1 amide bonds. The van der Waals surface area contributed by atoms with Crippen LogP contribution in [0.4, 0.5) is 11.4 Å². The van der Waals surface area contributed by atoms with Gasteiger partial charge in [-0.05, 0) is 92.5 Å². The molecule has 0 saturated carbocycles. The summed E-state index contributed by atoms with van der Waals surface area (Å²) in [5.74, 6) is 0.274. The molecule has 218 valence electrons. The third-order valence-electron chi connectivity index (χ3n) is 7.82. The number of aryl methyl sites for hydroxylation is 3. The molecule has 8 nitrogen and oxygen atoms in total. The van der Waals surface area contributed by atoms with Crippen molar-refractivity contribution in [2.75, 3.05) is 31.0 Å². The number of thiocarbonyl (C=S) groups is 1. The molecule has 1 saturated heterocycles. The third-order valence-corrected chi connectivity index (χ3v) is 8.14. The second kappa shape index (κ2) is 12.3. The molecule has 0 radical (unpaired) electrons. The topological polar surface area (TPSA) is 80.7 Å². The standard InChI is InChI=1S/C33H37N5O3S/c1-7-23-12-10-11-20(2)31(23)37-21(3)17-25(22(37)4)32-30(26-13-8-9-16-34-26)36-33(42)38(32)24-14-15-28(41-6)27(18-24)35-29(39)19-40-5/h8-18,30,32H,7,19H2,1-6H3,(H,35,39)(H,36,42)/t30-,32+/m0/s1. The fraction of sp³-hybridized carbons (Fsp3) is 0.303. The van der Waals surface area contributed by atoms with Gasteiger partial charge in [0.1, 0.15) is 12.4 Å². The Balaban J connectivity index is 1.68. The minimum Gasteiger partial charge on any atom is -0.495 e. The number of hydrogen-bond donors (Lipinski definition) is 2. The fourth-order valence-electron chi connectivity index (χ4n) is 5.97. The zero-order chi connectivity index (χ0) is 30.0. The lowest BCUT2D eigenvalue weighted by atomic mass is 9.96. The Morgan fingerprint density at radius 2 is 1.88 bits per heavy atom. The van der Waals surface area contributed by atoms with Crippen LogP contribution in [0.2, 0.25) is 0 Å². The van der Waals surface area contributed by atoms with Gasteiger partial charge in [-0.25, -0.2) is 0 Å². The number of carbonyl (C=O) groups is 1. The van der Waals surface area contributed by atoms with Crippen LogP contribution in [0.5, 0.6) is 5.75 Å². The van der Waals surface area contributed by atoms with Gasteiger partial charge in [0, 0.05) is 30.4 Å². The fourth-order valence-corrected chi connectivity index (χ4v) is 6.31. The largest absolute Gasteiger partial charge is 0.495 e. The quantitative estimate of drug-likeness (QED) is 0.230. The highest BCUT2D eigenvalue weighted by atomic mass is 32.1. The molecule has 9 heteroatoms. The van der Waals surface area contributed by atoms with Crippen molar-refractivity contribution >= 4 is 34.6 Å². The van der Waals surface area contributed by atoms with Crippen LogP contribution < -0.4 is 20.3 Å². The molecule has 2 atom stereocenters. The molecule has 0 unspecified atom stereocenters. The van der Waals surface area contributed by atoms with E-state index in [1.807, 2.05) is 36.4 Å². The minimum atomic E-state index is -0.272. The molecular formula is C33H37N5O3S. The van der Waals surface area contributed by atoms with Crippen molar-refractivity contribution in [1.29, 1.82) is 0 Å². The summed E-state index contributed by atoms with van der Waals surface area (Å²) in [6.45, 7) is 8.62. The van der Waals surface area contributed by atoms with Gasteiger partial charge >= 0.3 is 0 Å². The molecule has 1 aliphatic rings. The summed E-state index contributed by atoms with van der Waals surface area (Å²) >= 11 is 5.99. The van der Waals surface area contributed by atoms with Gasteiger partial charge < -0.3 is 29.6 Å². The maximum atomic E-state index is 12.4. The number of rotatable bonds is 9. The molecule has 2 aromatic carbocycles. The van der Waals surface area contributed by atoms with E-state index in [2.05, 4.69) is 72.1 Å². The van der Waals surface area contributed by atoms with E-state index >= 15 is 0 Å². The molecule has 5 rings (SSSR count). The van der Waals surface area contributed by atoms with Crippen molar-refractivity contribution in [3.05, 3.63) is 101 Å². The molecule has 1 fully saturated rings. The van der Waals surface area contributed by atoms with E-state index in [9.17, 15) is 4.79 Å². The Morgan fingerprint density at radius 1 is 1.07 bits per heavy atom. The van der Waals surface area contributed by atoms with E-state index in [0.717, 1.165) is 34.8 Å². The molecule has 1 aliphatic heterocycles. The summed E-state index contributed by atoms with van der Waals surface area (Å²) < 4.78 is 12.9. The van der Waals surface area contributed by atoms with Crippen LogP contribution in [-0.4, -0.2) is 41.4 Å². The van der Waals surface area contributed by atoms with Crippen molar-refractivity contribution in [2.45, 2.75) is 46.2 Å². The highest BCUT2D eigenvalue weighted by Crippen LogP contribution is 2.45. The molecule has 3 heterocycles. The van der Waals surface area contributed by atoms with Crippen molar-refractivity contribution in [3.63, 3.8) is 0 Å². The first-order valence-electron chi connectivity index (χ1n) is 14.0. The summed E-state index contributed by atoms with van der Waals surface area (Å²) in [5.41, 5.74) is 9.43. The number of benzene rings is 2. The number of pyridine rings is 1. The molecule has 2 aromatic heterocycles. The normalized spacial score (nSPS) is 16.4. The van der Waals surface area contributed by atoms with Crippen LogP contribution in [0.1, 0.15) is 52.8 Å². The first kappa shape index (κ1) is 29.3. The van der Waals surface area contributed by atoms with Gasteiger partial charge in [0.25, 0.3) is 0 Å². The van der Waals surface area contributed by atoms with Gasteiger partial charge in [-0.3, -0.25) is 9.78 Å². The van der Waals surface area contributed by atoms with Gasteiger partial charge in [-0.2, -0.15) is 0 Å². The second-order valence-corrected chi connectivity index (χ2v) is 10.8. The monoisotopic (exact) mass is 583 g/mol. The van der Waals surface area contributed by atoms with Gasteiger partial charge in [0.15, 0.2) is 5.11 Å². The molecule has 2 N–H and O–H groups in total. The van der Waals surface area contributed by atoms with Crippen LogP contribution in [-0.2, 0) is 16.0 Å². The number of anilines is 2. The van der Waals surface area contributed by atoms with E-state index in [-0.39, 0.29) is 24.6 Å². The van der Waals surface area contributed by atoms with Gasteiger partial charge in [0.2, 0.25) is 5.91 Å². The molecule has 4 aromatic rings. The lowest BCUT2D eigenvalue weighted by molar-refractivity contribution is -0.119. The van der Waals surface area contributed by atoms with Crippen LogP contribution in [0.3, 0.4) is 0 Å². The van der Waals surface area contributed by atoms with Crippen molar-refractivity contribution < 1.29 is 14.3 Å². The molecule has 42 heavy (non-hydrogen) atoms. The maximum Gasteiger partial charge on any atom is 0.250 e. The zero-order valence-electron chi connectivity index (χ0n) is 24.9. The zero-order valence-corrected chi connectivity index (χ0v) is 25.7. The number of methoxy groups -OCH3 is 2. The van der Waals surface area contributed by atoms with Crippen LogP contribution in [0.15, 0.2) is 66.9 Å². The van der Waals surface area contributed by atoms with E-state index in [0.29, 0.717) is 16.5 Å². The van der Waals surface area contributed by atoms with Crippen LogP contribution in [0.25, 0.3) is 5.69 Å². The lowest BCUT2D eigenvalue weighted by Crippen LogP contribution is -2.29. The highest BCUT2D eigenvalue weighted by Gasteiger charge is 2.42. The Kier molecular flexibility index (Phi) is 8.61. The number of ether oxygens (including phenoxy) is 2. The second-order valence-electron chi connectivity index (χ2n) is 10.5. The number of nitrogens with one attached hydrogen (secondary N) is 2. The molecular weight excluding hydrogens is 546 g/mol. The minimum absolute atomic E-state index is 0.0634. The van der Waals surface area contributed by atoms with Crippen molar-refractivity contribution in [2.24, 2.45) is 0 Å². The predicted molar refractivity (Wildman–Crippen MR) is 171 cm³/mol. The average molecular weight is 584 g/mol. The number of aromatic nitrogens is 2. The average Bonchev–Trinajstić information content (AvgIpc) is 3.48. The van der Waals surface area contributed by atoms with E-state index in [4.69, 9.17) is 26.7 Å². The molecule has 0 bridgehead atoms. The summed E-state index contributed by atoms with van der Waals surface area (Å²) in [6.07, 6.45) is 2.74. The smallest absolute Gasteiger partial charge is 0.250 e. The first-order valence-corrected chi connectivity index (χ1v) is 14.4.